The Morgan fingerprint density at radius 1 is 0.929 bits per heavy atom. The molecule has 0 saturated heterocycles. The van der Waals surface area contributed by atoms with E-state index in [4.69, 9.17) is 15.8 Å². The van der Waals surface area contributed by atoms with Crippen molar-refractivity contribution in [2.45, 2.75) is 27.7 Å². The molecule has 0 N–H and O–H groups in total. The number of nitrogens with zero attached hydrogens (tertiary/aromatic N) is 3. The first-order chi connectivity index (χ1) is 6.34. The van der Waals surface area contributed by atoms with Crippen LogP contribution in [0.1, 0.15) is 27.7 Å². The van der Waals surface area contributed by atoms with Crippen LogP contribution in [0, 0.1) is 56.2 Å². The van der Waals surface area contributed by atoms with Crippen LogP contribution >= 0.6 is 0 Å². The lowest BCUT2D eigenvalue weighted by atomic mass is 9.34. The molecular weight excluding hydrogens is 174 g/mol. The van der Waals surface area contributed by atoms with Gasteiger partial charge in [0.25, 0.3) is 0 Å². The quantitative estimate of drug-likeness (QED) is 0.583. The molecule has 1 rings (SSSR count). The third kappa shape index (κ3) is 0.669. The third-order valence-corrected chi connectivity index (χ3v) is 4.39. The lowest BCUT2D eigenvalue weighted by molar-refractivity contribution is -0.146. The molecule has 1 aliphatic carbocycles. The second-order valence-electron chi connectivity index (χ2n) is 4.71. The molecule has 1 saturated carbocycles. The Labute approximate surface area is 84.6 Å². The first-order valence-electron chi connectivity index (χ1n) is 4.58. The van der Waals surface area contributed by atoms with E-state index in [9.17, 15) is 0 Å². The molecule has 14 heavy (non-hydrogen) atoms. The summed E-state index contributed by atoms with van der Waals surface area (Å²) < 4.78 is 0. The van der Waals surface area contributed by atoms with Crippen molar-refractivity contribution in [2.75, 3.05) is 0 Å². The summed E-state index contributed by atoms with van der Waals surface area (Å²) in [6.07, 6.45) is 0. The predicted molar refractivity (Wildman–Crippen MR) is 50.3 cm³/mol. The van der Waals surface area contributed by atoms with Gasteiger partial charge in [0, 0.05) is 0 Å². The highest BCUT2D eigenvalue weighted by Gasteiger charge is 2.74. The smallest absolute Gasteiger partial charge is 0.165 e. The van der Waals surface area contributed by atoms with Crippen molar-refractivity contribution in [1.29, 1.82) is 15.8 Å². The summed E-state index contributed by atoms with van der Waals surface area (Å²) in [4.78, 5) is 0. The normalized spacial score (nSPS) is 37.1. The van der Waals surface area contributed by atoms with Gasteiger partial charge in [-0.05, 0) is 18.3 Å². The topological polar surface area (TPSA) is 71.4 Å². The molecule has 0 bridgehead atoms. The van der Waals surface area contributed by atoms with Crippen LogP contribution in [-0.4, -0.2) is 0 Å². The molecule has 0 radical (unpaired) electrons. The molecule has 0 aromatic rings. The summed E-state index contributed by atoms with van der Waals surface area (Å²) in [7, 11) is 0. The van der Waals surface area contributed by atoms with Crippen molar-refractivity contribution in [1.82, 2.24) is 0 Å². The van der Waals surface area contributed by atoms with Crippen LogP contribution in [0.2, 0.25) is 0 Å². The Morgan fingerprint density at radius 2 is 1.36 bits per heavy atom. The van der Waals surface area contributed by atoms with Gasteiger partial charge in [-0.3, -0.25) is 0 Å². The summed E-state index contributed by atoms with van der Waals surface area (Å²) in [5.74, 6) is -0.0744. The van der Waals surface area contributed by atoms with Gasteiger partial charge in [-0.25, -0.2) is 0 Å². The van der Waals surface area contributed by atoms with Crippen molar-refractivity contribution in [3.05, 3.63) is 0 Å². The molecule has 3 heteroatoms. The van der Waals surface area contributed by atoms with Gasteiger partial charge in [0.1, 0.15) is 0 Å². The minimum absolute atomic E-state index is 0.0744. The molecule has 0 aromatic heterocycles. The van der Waals surface area contributed by atoms with E-state index in [0.29, 0.717) is 0 Å². The van der Waals surface area contributed by atoms with Crippen LogP contribution in [0.3, 0.4) is 0 Å². The summed E-state index contributed by atoms with van der Waals surface area (Å²) in [5.41, 5.74) is -2.30. The first-order valence-corrected chi connectivity index (χ1v) is 4.58. The largest absolute Gasteiger partial charge is 0.198 e. The fraction of sp³-hybridized carbons (Fsp3) is 0.727. The zero-order valence-corrected chi connectivity index (χ0v) is 8.92. The molecule has 2 unspecified atom stereocenters. The fourth-order valence-corrected chi connectivity index (χ4v) is 2.51. The van der Waals surface area contributed by atoms with E-state index < -0.39 is 10.8 Å². The SMILES string of the molecule is CC1C(C)(C)C(C)(C#N)C1(C#N)C#N. The highest BCUT2D eigenvalue weighted by molar-refractivity contribution is 5.39. The van der Waals surface area contributed by atoms with Gasteiger partial charge in [-0.1, -0.05) is 20.8 Å². The van der Waals surface area contributed by atoms with E-state index in [1.807, 2.05) is 32.9 Å². The highest BCUT2D eigenvalue weighted by atomic mass is 14.7. The maximum atomic E-state index is 9.14. The first kappa shape index (κ1) is 10.6. The highest BCUT2D eigenvalue weighted by Crippen LogP contribution is 2.70. The Kier molecular flexibility index (Phi) is 1.88. The Hall–Kier alpha value is -1.53. The molecule has 1 aliphatic rings. The van der Waals surface area contributed by atoms with Crippen molar-refractivity contribution in [2.24, 2.45) is 22.2 Å². The van der Waals surface area contributed by atoms with Crippen LogP contribution in [0.5, 0.6) is 0 Å². The average molecular weight is 187 g/mol. The van der Waals surface area contributed by atoms with Crippen molar-refractivity contribution in [3.63, 3.8) is 0 Å². The molecular formula is C11H13N3. The molecule has 0 aliphatic heterocycles. The van der Waals surface area contributed by atoms with Gasteiger partial charge < -0.3 is 0 Å². The monoisotopic (exact) mass is 187 g/mol. The molecule has 0 aromatic carbocycles. The molecule has 2 atom stereocenters. The minimum atomic E-state index is -1.15. The van der Waals surface area contributed by atoms with E-state index in [0.717, 1.165) is 0 Å². The lowest BCUT2D eigenvalue weighted by Gasteiger charge is -2.63. The molecule has 1 fully saturated rings. The van der Waals surface area contributed by atoms with Gasteiger partial charge in [0.05, 0.1) is 23.6 Å². The van der Waals surface area contributed by atoms with Crippen molar-refractivity contribution in [3.8, 4) is 18.2 Å². The maximum absolute atomic E-state index is 9.14. The van der Waals surface area contributed by atoms with Crippen LogP contribution < -0.4 is 0 Å². The second kappa shape index (κ2) is 2.49. The summed E-state index contributed by atoms with van der Waals surface area (Å²) >= 11 is 0. The molecule has 0 amide bonds. The molecule has 0 spiro atoms. The summed E-state index contributed by atoms with van der Waals surface area (Å²) in [5, 5.41) is 27.3. The van der Waals surface area contributed by atoms with E-state index in [1.165, 1.54) is 0 Å². The minimum Gasteiger partial charge on any atom is -0.198 e. The third-order valence-electron chi connectivity index (χ3n) is 4.39. The summed E-state index contributed by atoms with van der Waals surface area (Å²) in [6.45, 7) is 7.45. The van der Waals surface area contributed by atoms with Crippen LogP contribution in [0.4, 0.5) is 0 Å². The van der Waals surface area contributed by atoms with Crippen LogP contribution in [0.15, 0.2) is 0 Å². The van der Waals surface area contributed by atoms with Gasteiger partial charge in [-0.2, -0.15) is 15.8 Å². The lowest BCUT2D eigenvalue weighted by Crippen LogP contribution is -2.66. The van der Waals surface area contributed by atoms with Crippen molar-refractivity contribution >= 4 is 0 Å². The van der Waals surface area contributed by atoms with Crippen LogP contribution in [0.25, 0.3) is 0 Å². The van der Waals surface area contributed by atoms with E-state index in [1.54, 1.807) is 6.92 Å². The zero-order chi connectivity index (χ0) is 11.2. The van der Waals surface area contributed by atoms with Gasteiger partial charge in [0.2, 0.25) is 0 Å². The average Bonchev–Trinajstić information content (AvgIpc) is 2.19. The number of hydrogen-bond acceptors (Lipinski definition) is 3. The zero-order valence-electron chi connectivity index (χ0n) is 8.92. The van der Waals surface area contributed by atoms with Crippen molar-refractivity contribution < 1.29 is 0 Å². The maximum Gasteiger partial charge on any atom is 0.165 e. The van der Waals surface area contributed by atoms with E-state index in [2.05, 4.69) is 6.07 Å². The number of nitriles is 3. The Balaban J connectivity index is 3.38. The van der Waals surface area contributed by atoms with Crippen LogP contribution in [-0.2, 0) is 0 Å². The predicted octanol–water partition coefficient (Wildman–Crippen LogP) is 2.23. The standard InChI is InChI=1S/C11H13N3/c1-8-9(2,3)10(4,5-12)11(8,6-13)7-14/h8H,1-4H3. The molecule has 3 nitrogen and oxygen atoms in total. The second-order valence-corrected chi connectivity index (χ2v) is 4.71. The number of rotatable bonds is 0. The Morgan fingerprint density at radius 3 is 1.57 bits per heavy atom. The van der Waals surface area contributed by atoms with E-state index in [-0.39, 0.29) is 11.3 Å². The number of hydrogen-bond donors (Lipinski definition) is 0. The fourth-order valence-electron chi connectivity index (χ4n) is 2.51. The summed E-state index contributed by atoms with van der Waals surface area (Å²) in [6, 6.07) is 6.20. The van der Waals surface area contributed by atoms with Gasteiger partial charge in [0.15, 0.2) is 5.41 Å². The van der Waals surface area contributed by atoms with Gasteiger partial charge >= 0.3 is 0 Å². The molecule has 72 valence electrons. The van der Waals surface area contributed by atoms with Gasteiger partial charge in [-0.15, -0.1) is 0 Å². The Bertz CT molecular complexity index is 374. The van der Waals surface area contributed by atoms with E-state index >= 15 is 0 Å². The molecule has 0 heterocycles.